The van der Waals surface area contributed by atoms with Crippen molar-refractivity contribution in [3.05, 3.63) is 49.7 Å². The Morgan fingerprint density at radius 3 is 2.60 bits per heavy atom. The largest absolute Gasteiger partial charge is 0.493 e. The number of aliphatic hydroxyl groups is 1. The molecule has 1 aromatic carbocycles. The summed E-state index contributed by atoms with van der Waals surface area (Å²) in [6, 6.07) is 4.28. The van der Waals surface area contributed by atoms with E-state index >= 15 is 0 Å². The summed E-state index contributed by atoms with van der Waals surface area (Å²) >= 11 is 1.77. The van der Waals surface area contributed by atoms with Crippen molar-refractivity contribution in [3.63, 3.8) is 0 Å². The minimum Gasteiger partial charge on any atom is -0.493 e. The predicted molar refractivity (Wildman–Crippen MR) is 123 cm³/mol. The third kappa shape index (κ3) is 3.62. The van der Waals surface area contributed by atoms with Gasteiger partial charge in [-0.15, -0.1) is 11.3 Å². The van der Waals surface area contributed by atoms with E-state index in [0.29, 0.717) is 36.6 Å². The van der Waals surface area contributed by atoms with Crippen LogP contribution in [0.1, 0.15) is 81.9 Å². The van der Waals surface area contributed by atoms with E-state index in [1.807, 2.05) is 0 Å². The van der Waals surface area contributed by atoms with Gasteiger partial charge in [-0.25, -0.2) is 0 Å². The highest BCUT2D eigenvalue weighted by Gasteiger charge is 2.63. The number of thiophene rings is 1. The maximum Gasteiger partial charge on any atom is 0.173 e. The van der Waals surface area contributed by atoms with Crippen LogP contribution in [0.25, 0.3) is 0 Å². The number of Topliss-reactive ketones (excluding diaryl/α,β-unsaturated/α-hetero) is 1. The molecule has 162 valence electrons. The van der Waals surface area contributed by atoms with Crippen LogP contribution in [0.2, 0.25) is 0 Å². The number of fused-ring (bicyclic) bond motifs is 3. The first-order valence-electron chi connectivity index (χ1n) is 11.3. The van der Waals surface area contributed by atoms with E-state index in [0.717, 1.165) is 46.9 Å². The second-order valence-corrected chi connectivity index (χ2v) is 10.7. The van der Waals surface area contributed by atoms with Crippen LogP contribution in [0.5, 0.6) is 5.75 Å². The highest BCUT2D eigenvalue weighted by Crippen LogP contribution is 2.71. The molecule has 2 aliphatic rings. The first-order valence-corrected chi connectivity index (χ1v) is 12.1. The van der Waals surface area contributed by atoms with Crippen molar-refractivity contribution in [2.45, 2.75) is 72.6 Å². The van der Waals surface area contributed by atoms with Crippen LogP contribution in [0.15, 0.2) is 12.1 Å². The van der Waals surface area contributed by atoms with Gasteiger partial charge in [-0.1, -0.05) is 32.9 Å². The van der Waals surface area contributed by atoms with E-state index in [-0.39, 0.29) is 6.61 Å². The lowest BCUT2D eigenvalue weighted by Crippen LogP contribution is -2.06. The summed E-state index contributed by atoms with van der Waals surface area (Å²) in [6.45, 7) is 11.8. The Morgan fingerprint density at radius 2 is 1.97 bits per heavy atom. The molecular formula is C26H34O3S. The molecule has 30 heavy (non-hydrogen) atoms. The van der Waals surface area contributed by atoms with Gasteiger partial charge in [-0.2, -0.15) is 0 Å². The summed E-state index contributed by atoms with van der Waals surface area (Å²) in [5, 5.41) is 8.95. The number of benzene rings is 1. The zero-order valence-corrected chi connectivity index (χ0v) is 19.7. The zero-order valence-electron chi connectivity index (χ0n) is 18.9. The number of rotatable bonds is 9. The number of hydrogen-bond donors (Lipinski definition) is 1. The monoisotopic (exact) mass is 426 g/mol. The molecule has 2 aromatic rings. The Kier molecular flexibility index (Phi) is 5.84. The number of ether oxygens (including phenoxy) is 1. The van der Waals surface area contributed by atoms with E-state index < -0.39 is 0 Å². The molecule has 1 fully saturated rings. The summed E-state index contributed by atoms with van der Waals surface area (Å²) < 4.78 is 5.83. The van der Waals surface area contributed by atoms with Crippen LogP contribution in [0.3, 0.4) is 0 Å². The molecular weight excluding hydrogens is 392 g/mol. The third-order valence-corrected chi connectivity index (χ3v) is 8.63. The Bertz CT molecular complexity index is 946. The molecule has 2 aliphatic carbocycles. The SMILES string of the molecule is CCc1sc(C(=O)CCc2cc(C)c(OCCCO)c(C)c2)c2c1[C@@H]1[C@H](C2)C1(C)C. The van der Waals surface area contributed by atoms with E-state index in [1.54, 1.807) is 11.3 Å². The lowest BCUT2D eigenvalue weighted by atomic mass is 9.93. The minimum absolute atomic E-state index is 0.142. The second-order valence-electron chi connectivity index (χ2n) is 9.62. The van der Waals surface area contributed by atoms with Gasteiger partial charge in [0.1, 0.15) is 5.75 Å². The summed E-state index contributed by atoms with van der Waals surface area (Å²) in [4.78, 5) is 15.7. The Balaban J connectivity index is 1.46. The van der Waals surface area contributed by atoms with Crippen molar-refractivity contribution in [1.29, 1.82) is 0 Å². The van der Waals surface area contributed by atoms with Gasteiger partial charge in [0.05, 0.1) is 11.5 Å². The minimum atomic E-state index is 0.142. The summed E-state index contributed by atoms with van der Waals surface area (Å²) in [7, 11) is 0. The lowest BCUT2D eigenvalue weighted by molar-refractivity contribution is 0.0985. The molecule has 0 amide bonds. The van der Waals surface area contributed by atoms with E-state index in [9.17, 15) is 4.79 Å². The van der Waals surface area contributed by atoms with E-state index in [2.05, 4.69) is 46.8 Å². The molecule has 0 spiro atoms. The highest BCUT2D eigenvalue weighted by atomic mass is 32.1. The van der Waals surface area contributed by atoms with E-state index in [1.165, 1.54) is 21.6 Å². The standard InChI is InChI=1S/C26H34O3S/c1-6-21-22-18(14-19-23(22)26(19,4)5)25(30-21)20(28)9-8-17-12-15(2)24(16(3)13-17)29-11-7-10-27/h12-13,19,23,27H,6-11,14H2,1-5H3/t19-,23-/m0/s1. The van der Waals surface area contributed by atoms with Crippen molar-refractivity contribution < 1.29 is 14.6 Å². The lowest BCUT2D eigenvalue weighted by Gasteiger charge is -2.14. The fourth-order valence-corrected chi connectivity index (χ4v) is 6.81. The molecule has 4 heteroatoms. The Hall–Kier alpha value is -1.65. The molecule has 0 saturated heterocycles. The molecule has 1 aromatic heterocycles. The average Bonchev–Trinajstić information content (AvgIpc) is 3.04. The molecule has 4 rings (SSSR count). The summed E-state index contributed by atoms with van der Waals surface area (Å²) in [5.41, 5.74) is 6.74. The van der Waals surface area contributed by atoms with Crippen LogP contribution in [0.4, 0.5) is 0 Å². The number of hydrogen-bond acceptors (Lipinski definition) is 4. The van der Waals surface area contributed by atoms with Gasteiger partial charge in [0.15, 0.2) is 5.78 Å². The Labute approximate surface area is 184 Å². The summed E-state index contributed by atoms with van der Waals surface area (Å²) in [5.74, 6) is 2.65. The second kappa shape index (κ2) is 8.12. The topological polar surface area (TPSA) is 46.5 Å². The number of carbonyl (C=O) groups excluding carboxylic acids is 1. The molecule has 3 nitrogen and oxygen atoms in total. The molecule has 0 radical (unpaired) electrons. The van der Waals surface area contributed by atoms with Crippen molar-refractivity contribution >= 4 is 17.1 Å². The predicted octanol–water partition coefficient (Wildman–Crippen LogP) is 5.80. The highest BCUT2D eigenvalue weighted by molar-refractivity contribution is 7.14. The summed E-state index contributed by atoms with van der Waals surface area (Å²) in [6.07, 6.45) is 4.11. The van der Waals surface area contributed by atoms with Crippen molar-refractivity contribution in [3.8, 4) is 5.75 Å². The number of aryl methyl sites for hydroxylation is 4. The van der Waals surface area contributed by atoms with Crippen LogP contribution < -0.4 is 4.74 Å². The normalized spacial score (nSPS) is 20.7. The van der Waals surface area contributed by atoms with E-state index in [4.69, 9.17) is 9.84 Å². The maximum absolute atomic E-state index is 13.2. The van der Waals surface area contributed by atoms with Crippen LogP contribution in [0, 0.1) is 25.2 Å². The molecule has 1 saturated carbocycles. The van der Waals surface area contributed by atoms with Gasteiger partial charge in [0.2, 0.25) is 0 Å². The van der Waals surface area contributed by atoms with Crippen LogP contribution in [-0.2, 0) is 19.3 Å². The first-order chi connectivity index (χ1) is 14.3. The third-order valence-electron chi connectivity index (χ3n) is 7.19. The van der Waals surface area contributed by atoms with Gasteiger partial charge in [-0.05, 0) is 78.2 Å². The average molecular weight is 427 g/mol. The molecule has 1 N–H and O–H groups in total. The first kappa shape index (κ1) is 21.6. The van der Waals surface area contributed by atoms with Crippen LogP contribution >= 0.6 is 11.3 Å². The van der Waals surface area contributed by atoms with Crippen LogP contribution in [-0.4, -0.2) is 24.1 Å². The smallest absolute Gasteiger partial charge is 0.173 e. The number of aliphatic hydroxyl groups excluding tert-OH is 1. The van der Waals surface area contributed by atoms with Crippen molar-refractivity contribution in [2.24, 2.45) is 11.3 Å². The van der Waals surface area contributed by atoms with Crippen molar-refractivity contribution in [1.82, 2.24) is 0 Å². The van der Waals surface area contributed by atoms with Gasteiger partial charge in [0, 0.05) is 24.3 Å². The van der Waals surface area contributed by atoms with Gasteiger partial charge in [0.25, 0.3) is 0 Å². The quantitative estimate of drug-likeness (QED) is 0.407. The molecule has 2 atom stereocenters. The number of ketones is 1. The van der Waals surface area contributed by atoms with Gasteiger partial charge in [-0.3, -0.25) is 4.79 Å². The maximum atomic E-state index is 13.2. The Morgan fingerprint density at radius 1 is 1.27 bits per heavy atom. The molecule has 0 aliphatic heterocycles. The van der Waals surface area contributed by atoms with Gasteiger partial charge < -0.3 is 9.84 Å². The fourth-order valence-electron chi connectivity index (χ4n) is 5.52. The fraction of sp³-hybridized carbons (Fsp3) is 0.577. The van der Waals surface area contributed by atoms with Gasteiger partial charge >= 0.3 is 0 Å². The molecule has 0 unspecified atom stereocenters. The molecule has 1 heterocycles. The number of carbonyl (C=O) groups is 1. The van der Waals surface area contributed by atoms with Crippen molar-refractivity contribution in [2.75, 3.05) is 13.2 Å². The molecule has 0 bridgehead atoms. The zero-order chi connectivity index (χ0) is 21.6.